The quantitative estimate of drug-likeness (QED) is 0.610. The van der Waals surface area contributed by atoms with Crippen molar-refractivity contribution in [3.63, 3.8) is 0 Å². The van der Waals surface area contributed by atoms with Crippen LogP contribution in [0.15, 0.2) is 66.3 Å². The number of hydrogen-bond acceptors (Lipinski definition) is 6. The summed E-state index contributed by atoms with van der Waals surface area (Å²) < 4.78 is 5.27. The monoisotopic (exact) mass is 436 g/mol. The van der Waals surface area contributed by atoms with Gasteiger partial charge >= 0.3 is 0 Å². The van der Waals surface area contributed by atoms with Gasteiger partial charge in [-0.2, -0.15) is 0 Å². The van der Waals surface area contributed by atoms with Crippen molar-refractivity contribution in [2.75, 3.05) is 38.2 Å². The smallest absolute Gasteiger partial charge is 0.251 e. The molecule has 0 spiro atoms. The molecule has 1 aliphatic rings. The van der Waals surface area contributed by atoms with Crippen LogP contribution in [0.1, 0.15) is 28.2 Å². The van der Waals surface area contributed by atoms with Gasteiger partial charge in [0.05, 0.1) is 13.2 Å². The van der Waals surface area contributed by atoms with Crippen molar-refractivity contribution in [3.8, 4) is 5.75 Å². The van der Waals surface area contributed by atoms with Gasteiger partial charge in [0, 0.05) is 60.7 Å². The first-order valence-electron chi connectivity index (χ1n) is 10.5. The van der Waals surface area contributed by atoms with E-state index < -0.39 is 0 Å². The van der Waals surface area contributed by atoms with Crippen molar-refractivity contribution in [3.05, 3.63) is 76.7 Å². The maximum atomic E-state index is 12.7. The highest BCUT2D eigenvalue weighted by Gasteiger charge is 2.31. The summed E-state index contributed by atoms with van der Waals surface area (Å²) in [6.45, 7) is 5.85. The average Bonchev–Trinajstić information content (AvgIpc) is 3.34. The number of rotatable bonds is 7. The van der Waals surface area contributed by atoms with Crippen LogP contribution in [0.4, 0.5) is 5.69 Å². The molecule has 0 saturated carbocycles. The van der Waals surface area contributed by atoms with Crippen molar-refractivity contribution in [2.45, 2.75) is 19.0 Å². The number of carbonyl (C=O) groups excluding carboxylic acids is 1. The van der Waals surface area contributed by atoms with Crippen LogP contribution in [0.2, 0.25) is 0 Å². The molecule has 2 atom stereocenters. The first-order valence-corrected chi connectivity index (χ1v) is 11.4. The average molecular weight is 437 g/mol. The predicted molar refractivity (Wildman–Crippen MR) is 125 cm³/mol. The van der Waals surface area contributed by atoms with E-state index in [-0.39, 0.29) is 18.0 Å². The molecule has 31 heavy (non-hydrogen) atoms. The number of carbonyl (C=O) groups is 1. The highest BCUT2D eigenvalue weighted by atomic mass is 32.1. The number of ether oxygens (including phenoxy) is 1. The minimum Gasteiger partial charge on any atom is -0.497 e. The Morgan fingerprint density at radius 1 is 1.06 bits per heavy atom. The Morgan fingerprint density at radius 2 is 1.77 bits per heavy atom. The molecule has 0 unspecified atom stereocenters. The SMILES string of the molecule is COc1ccc(N2CCN([C@H](c3cccs3)[C@H](C)NC(=O)c3ccncc3)CC2)cc1. The third-order valence-electron chi connectivity index (χ3n) is 5.75. The molecule has 1 aromatic carbocycles. The minimum atomic E-state index is -0.0617. The zero-order chi connectivity index (χ0) is 21.6. The first-order chi connectivity index (χ1) is 15.2. The molecule has 3 aromatic rings. The standard InChI is InChI=1S/C24H28N4O2S/c1-18(26-24(29)19-9-11-25-12-10-19)23(22-4-3-17-31-22)28-15-13-27(14-16-28)20-5-7-21(30-2)8-6-20/h3-12,17-18,23H,13-16H2,1-2H3,(H,26,29)/t18-,23-/m0/s1. The van der Waals surface area contributed by atoms with Gasteiger partial charge in [0.25, 0.3) is 5.91 Å². The van der Waals surface area contributed by atoms with Crippen LogP contribution in [0.25, 0.3) is 0 Å². The molecule has 7 heteroatoms. The molecule has 3 heterocycles. The molecule has 162 valence electrons. The summed E-state index contributed by atoms with van der Waals surface area (Å²) in [6, 6.07) is 16.1. The molecule has 0 aliphatic carbocycles. The maximum Gasteiger partial charge on any atom is 0.251 e. The number of piperazine rings is 1. The zero-order valence-electron chi connectivity index (χ0n) is 17.9. The van der Waals surface area contributed by atoms with Crippen LogP contribution in [-0.2, 0) is 0 Å². The Morgan fingerprint density at radius 3 is 2.39 bits per heavy atom. The van der Waals surface area contributed by atoms with Gasteiger partial charge in [0.15, 0.2) is 0 Å². The van der Waals surface area contributed by atoms with E-state index in [0.29, 0.717) is 5.56 Å². The second kappa shape index (κ2) is 9.94. The summed E-state index contributed by atoms with van der Waals surface area (Å²) in [6.07, 6.45) is 3.30. The number of nitrogens with one attached hydrogen (secondary N) is 1. The molecule has 6 nitrogen and oxygen atoms in total. The number of hydrogen-bond donors (Lipinski definition) is 1. The van der Waals surface area contributed by atoms with Crippen molar-refractivity contribution < 1.29 is 9.53 Å². The van der Waals surface area contributed by atoms with E-state index in [0.717, 1.165) is 31.9 Å². The topological polar surface area (TPSA) is 57.7 Å². The summed E-state index contributed by atoms with van der Waals surface area (Å²) in [7, 11) is 1.69. The Labute approximate surface area is 187 Å². The molecular formula is C24H28N4O2S. The summed E-state index contributed by atoms with van der Waals surface area (Å²) in [4.78, 5) is 22.9. The van der Waals surface area contributed by atoms with Crippen LogP contribution in [0, 0.1) is 0 Å². The number of pyridine rings is 1. The van der Waals surface area contributed by atoms with Crippen molar-refractivity contribution in [2.24, 2.45) is 0 Å². The van der Waals surface area contributed by atoms with Crippen molar-refractivity contribution >= 4 is 22.9 Å². The lowest BCUT2D eigenvalue weighted by Crippen LogP contribution is -2.52. The lowest BCUT2D eigenvalue weighted by Gasteiger charge is -2.42. The van der Waals surface area contributed by atoms with Crippen LogP contribution < -0.4 is 15.0 Å². The fourth-order valence-electron chi connectivity index (χ4n) is 4.13. The molecule has 1 saturated heterocycles. The number of nitrogens with zero attached hydrogens (tertiary/aromatic N) is 3. The van der Waals surface area contributed by atoms with Crippen LogP contribution in [0.5, 0.6) is 5.75 Å². The Hall–Kier alpha value is -2.90. The number of anilines is 1. The van der Waals surface area contributed by atoms with Gasteiger partial charge in [-0.25, -0.2) is 0 Å². The Kier molecular flexibility index (Phi) is 6.84. The van der Waals surface area contributed by atoms with Gasteiger partial charge in [-0.15, -0.1) is 11.3 Å². The normalized spacial score (nSPS) is 16.5. The molecule has 1 amide bonds. The second-order valence-electron chi connectivity index (χ2n) is 7.68. The molecule has 0 bridgehead atoms. The molecule has 0 radical (unpaired) electrons. The molecule has 4 rings (SSSR count). The largest absolute Gasteiger partial charge is 0.497 e. The molecule has 1 aliphatic heterocycles. The van der Waals surface area contributed by atoms with Gasteiger partial charge < -0.3 is 15.0 Å². The number of amides is 1. The van der Waals surface area contributed by atoms with Crippen LogP contribution in [0.3, 0.4) is 0 Å². The van der Waals surface area contributed by atoms with E-state index in [1.54, 1.807) is 43.0 Å². The highest BCUT2D eigenvalue weighted by molar-refractivity contribution is 7.10. The van der Waals surface area contributed by atoms with E-state index in [2.05, 4.69) is 56.7 Å². The lowest BCUT2D eigenvalue weighted by molar-refractivity contribution is 0.0890. The van der Waals surface area contributed by atoms with Crippen LogP contribution in [-0.4, -0.2) is 55.1 Å². The number of aromatic nitrogens is 1. The number of thiophene rings is 1. The third-order valence-corrected chi connectivity index (χ3v) is 6.70. The first kappa shape index (κ1) is 21.3. The van der Waals surface area contributed by atoms with Gasteiger partial charge in [0.2, 0.25) is 0 Å². The highest BCUT2D eigenvalue weighted by Crippen LogP contribution is 2.30. The summed E-state index contributed by atoms with van der Waals surface area (Å²) in [5, 5.41) is 5.31. The van der Waals surface area contributed by atoms with Crippen molar-refractivity contribution in [1.29, 1.82) is 0 Å². The molecule has 1 fully saturated rings. The molecule has 1 N–H and O–H groups in total. The van der Waals surface area contributed by atoms with E-state index >= 15 is 0 Å². The third kappa shape index (κ3) is 5.06. The fourth-order valence-corrected chi connectivity index (χ4v) is 5.09. The Bertz CT molecular complexity index is 955. The lowest BCUT2D eigenvalue weighted by atomic mass is 10.0. The van der Waals surface area contributed by atoms with Gasteiger partial charge in [-0.1, -0.05) is 6.07 Å². The maximum absolute atomic E-state index is 12.7. The number of methoxy groups -OCH3 is 1. The second-order valence-corrected chi connectivity index (χ2v) is 8.66. The molecular weight excluding hydrogens is 408 g/mol. The zero-order valence-corrected chi connectivity index (χ0v) is 18.7. The van der Waals surface area contributed by atoms with Gasteiger partial charge in [-0.05, 0) is 54.8 Å². The van der Waals surface area contributed by atoms with E-state index in [9.17, 15) is 4.79 Å². The number of benzene rings is 1. The predicted octanol–water partition coefficient (Wildman–Crippen LogP) is 3.83. The van der Waals surface area contributed by atoms with Gasteiger partial charge in [0.1, 0.15) is 5.75 Å². The van der Waals surface area contributed by atoms with E-state index in [1.807, 2.05) is 12.1 Å². The van der Waals surface area contributed by atoms with Crippen LogP contribution >= 0.6 is 11.3 Å². The summed E-state index contributed by atoms with van der Waals surface area (Å²) in [5.74, 6) is 0.812. The Balaban J connectivity index is 1.44. The van der Waals surface area contributed by atoms with E-state index in [4.69, 9.17) is 4.74 Å². The van der Waals surface area contributed by atoms with Gasteiger partial charge in [-0.3, -0.25) is 14.7 Å². The summed E-state index contributed by atoms with van der Waals surface area (Å²) >= 11 is 1.75. The summed E-state index contributed by atoms with van der Waals surface area (Å²) in [5.41, 5.74) is 1.85. The minimum absolute atomic E-state index is 0.0214. The fraction of sp³-hybridized carbons (Fsp3) is 0.333. The molecule has 2 aromatic heterocycles. The van der Waals surface area contributed by atoms with E-state index in [1.165, 1.54) is 10.6 Å². The van der Waals surface area contributed by atoms with Crippen molar-refractivity contribution in [1.82, 2.24) is 15.2 Å².